The third-order valence-electron chi connectivity index (χ3n) is 2.84. The molecule has 0 aliphatic heterocycles. The van der Waals surface area contributed by atoms with Crippen molar-refractivity contribution in [2.24, 2.45) is 0 Å². The lowest BCUT2D eigenvalue weighted by molar-refractivity contribution is 0.106. The molecule has 14 heavy (non-hydrogen) atoms. The summed E-state index contributed by atoms with van der Waals surface area (Å²) < 4.78 is 0. The molecule has 2 unspecified atom stereocenters. The highest BCUT2D eigenvalue weighted by molar-refractivity contribution is 7.13. The van der Waals surface area contributed by atoms with Crippen LogP contribution in [0.5, 0.6) is 0 Å². The predicted octanol–water partition coefficient (Wildman–Crippen LogP) is 1.28. The van der Waals surface area contributed by atoms with Gasteiger partial charge in [0.05, 0.1) is 12.1 Å². The summed E-state index contributed by atoms with van der Waals surface area (Å²) in [4.78, 5) is 2.06. The van der Waals surface area contributed by atoms with E-state index in [9.17, 15) is 5.11 Å². The van der Waals surface area contributed by atoms with Gasteiger partial charge in [0, 0.05) is 7.05 Å². The van der Waals surface area contributed by atoms with Gasteiger partial charge >= 0.3 is 0 Å². The summed E-state index contributed by atoms with van der Waals surface area (Å²) in [5.41, 5.74) is 1.72. The van der Waals surface area contributed by atoms with Gasteiger partial charge in [0.15, 0.2) is 0 Å². The molecule has 0 spiro atoms. The van der Waals surface area contributed by atoms with E-state index in [1.54, 1.807) is 5.51 Å². The minimum atomic E-state index is -0.211. The summed E-state index contributed by atoms with van der Waals surface area (Å²) in [5.74, 6) is 0. The fraction of sp³-hybridized carbons (Fsp3) is 0.778. The molecule has 1 saturated carbocycles. The first-order valence-corrected chi connectivity index (χ1v) is 5.84. The number of nitrogens with zero attached hydrogens (tertiary/aromatic N) is 3. The van der Waals surface area contributed by atoms with E-state index in [0.29, 0.717) is 0 Å². The van der Waals surface area contributed by atoms with Crippen molar-refractivity contribution in [2.45, 2.75) is 37.8 Å². The Balaban J connectivity index is 2.06. The number of anilines is 1. The lowest BCUT2D eigenvalue weighted by atomic mass is 9.92. The van der Waals surface area contributed by atoms with Crippen LogP contribution in [0, 0.1) is 0 Å². The van der Waals surface area contributed by atoms with Gasteiger partial charge in [-0.05, 0) is 12.8 Å². The molecular weight excluding hydrogens is 198 g/mol. The summed E-state index contributed by atoms with van der Waals surface area (Å²) >= 11 is 1.52. The Hall–Kier alpha value is -0.680. The average molecular weight is 213 g/mol. The van der Waals surface area contributed by atoms with Crippen molar-refractivity contribution in [3.63, 3.8) is 0 Å². The van der Waals surface area contributed by atoms with Crippen molar-refractivity contribution in [3.8, 4) is 0 Å². The number of aliphatic hydroxyl groups excluding tert-OH is 1. The molecule has 4 nitrogen and oxygen atoms in total. The van der Waals surface area contributed by atoms with Gasteiger partial charge in [0.1, 0.15) is 5.51 Å². The molecule has 0 saturated heterocycles. The van der Waals surface area contributed by atoms with Gasteiger partial charge < -0.3 is 10.0 Å². The van der Waals surface area contributed by atoms with Crippen molar-refractivity contribution in [1.82, 2.24) is 10.2 Å². The topological polar surface area (TPSA) is 49.2 Å². The standard InChI is InChI=1S/C9H15N3OS/c1-12(9-11-10-6-14-9)7-4-2-3-5-8(7)13/h6-8,13H,2-5H2,1H3. The number of aliphatic hydroxyl groups is 1. The second-order valence-corrected chi connectivity index (χ2v) is 4.56. The molecule has 0 aromatic carbocycles. The quantitative estimate of drug-likeness (QED) is 0.804. The molecule has 5 heteroatoms. The third-order valence-corrected chi connectivity index (χ3v) is 3.62. The molecule has 78 valence electrons. The fourth-order valence-corrected chi connectivity index (χ4v) is 2.59. The van der Waals surface area contributed by atoms with Crippen molar-refractivity contribution in [1.29, 1.82) is 0 Å². The van der Waals surface area contributed by atoms with Crippen LogP contribution >= 0.6 is 11.3 Å². The Kier molecular flexibility index (Phi) is 2.98. The predicted molar refractivity (Wildman–Crippen MR) is 56.6 cm³/mol. The number of rotatable bonds is 2. The van der Waals surface area contributed by atoms with Gasteiger partial charge in [-0.15, -0.1) is 10.2 Å². The summed E-state index contributed by atoms with van der Waals surface area (Å²) in [5, 5.41) is 18.6. The number of hydrogen-bond donors (Lipinski definition) is 1. The van der Waals surface area contributed by atoms with E-state index in [0.717, 1.165) is 24.4 Å². The smallest absolute Gasteiger partial charge is 0.208 e. The minimum Gasteiger partial charge on any atom is -0.391 e. The molecule has 1 N–H and O–H groups in total. The van der Waals surface area contributed by atoms with Crippen LogP contribution in [-0.2, 0) is 0 Å². The van der Waals surface area contributed by atoms with Crippen LogP contribution < -0.4 is 4.90 Å². The maximum Gasteiger partial charge on any atom is 0.208 e. The molecule has 1 aliphatic carbocycles. The number of aromatic nitrogens is 2. The SMILES string of the molecule is CN(c1nncs1)C1CCCCC1O. The summed E-state index contributed by atoms with van der Waals surface area (Å²) in [6.45, 7) is 0. The number of likely N-dealkylation sites (N-methyl/N-ethyl adjacent to an activating group) is 1. The molecule has 1 aromatic heterocycles. The van der Waals surface area contributed by atoms with E-state index in [1.807, 2.05) is 7.05 Å². The Morgan fingerprint density at radius 3 is 2.93 bits per heavy atom. The first-order valence-electron chi connectivity index (χ1n) is 4.96. The van der Waals surface area contributed by atoms with Crippen molar-refractivity contribution < 1.29 is 5.11 Å². The average Bonchev–Trinajstić information content (AvgIpc) is 2.70. The van der Waals surface area contributed by atoms with Gasteiger partial charge in [-0.3, -0.25) is 0 Å². The maximum absolute atomic E-state index is 9.85. The molecule has 2 atom stereocenters. The van der Waals surface area contributed by atoms with Crippen LogP contribution in [0.25, 0.3) is 0 Å². The van der Waals surface area contributed by atoms with Crippen molar-refractivity contribution in [2.75, 3.05) is 11.9 Å². The second kappa shape index (κ2) is 4.23. The molecule has 1 aliphatic rings. The Labute approximate surface area is 87.6 Å². The van der Waals surface area contributed by atoms with Gasteiger partial charge in [-0.2, -0.15) is 0 Å². The zero-order valence-electron chi connectivity index (χ0n) is 8.26. The molecule has 0 amide bonds. The Bertz CT molecular complexity index is 278. The summed E-state index contributed by atoms with van der Waals surface area (Å²) in [6.07, 6.45) is 4.09. The van der Waals surface area contributed by atoms with Crippen LogP contribution in [0.3, 0.4) is 0 Å². The molecule has 1 aromatic rings. The zero-order valence-corrected chi connectivity index (χ0v) is 9.07. The van der Waals surface area contributed by atoms with Crippen LogP contribution in [0.1, 0.15) is 25.7 Å². The molecule has 0 bridgehead atoms. The first-order chi connectivity index (χ1) is 6.79. The van der Waals surface area contributed by atoms with Gasteiger partial charge in [-0.1, -0.05) is 24.2 Å². The monoisotopic (exact) mass is 213 g/mol. The summed E-state index contributed by atoms with van der Waals surface area (Å²) in [7, 11) is 1.99. The van der Waals surface area contributed by atoms with Crippen LogP contribution in [-0.4, -0.2) is 34.5 Å². The first kappa shape index (κ1) is 9.86. The minimum absolute atomic E-state index is 0.211. The van der Waals surface area contributed by atoms with Crippen LogP contribution in [0.4, 0.5) is 5.13 Å². The summed E-state index contributed by atoms with van der Waals surface area (Å²) in [6, 6.07) is 0.219. The normalized spacial score (nSPS) is 27.6. The highest BCUT2D eigenvalue weighted by atomic mass is 32.1. The number of hydrogen-bond acceptors (Lipinski definition) is 5. The molecule has 1 heterocycles. The van der Waals surface area contributed by atoms with Crippen molar-refractivity contribution in [3.05, 3.63) is 5.51 Å². The van der Waals surface area contributed by atoms with E-state index < -0.39 is 0 Å². The highest BCUT2D eigenvalue weighted by Gasteiger charge is 2.27. The van der Waals surface area contributed by atoms with E-state index in [2.05, 4.69) is 15.1 Å². The Morgan fingerprint density at radius 1 is 1.50 bits per heavy atom. The van der Waals surface area contributed by atoms with Gasteiger partial charge in [-0.25, -0.2) is 0 Å². The largest absolute Gasteiger partial charge is 0.391 e. The van der Waals surface area contributed by atoms with E-state index in [4.69, 9.17) is 0 Å². The van der Waals surface area contributed by atoms with E-state index in [1.165, 1.54) is 17.8 Å². The van der Waals surface area contributed by atoms with Crippen LogP contribution in [0.15, 0.2) is 5.51 Å². The zero-order chi connectivity index (χ0) is 9.97. The molecular formula is C9H15N3OS. The van der Waals surface area contributed by atoms with E-state index in [-0.39, 0.29) is 12.1 Å². The molecule has 2 rings (SSSR count). The van der Waals surface area contributed by atoms with E-state index >= 15 is 0 Å². The molecule has 1 fully saturated rings. The highest BCUT2D eigenvalue weighted by Crippen LogP contribution is 2.26. The maximum atomic E-state index is 9.85. The molecule has 0 radical (unpaired) electrons. The lowest BCUT2D eigenvalue weighted by Gasteiger charge is -2.34. The van der Waals surface area contributed by atoms with Crippen molar-refractivity contribution >= 4 is 16.5 Å². The second-order valence-electron chi connectivity index (χ2n) is 3.75. The Morgan fingerprint density at radius 2 is 2.29 bits per heavy atom. The van der Waals surface area contributed by atoms with Crippen LogP contribution in [0.2, 0.25) is 0 Å². The third kappa shape index (κ3) is 1.88. The lowest BCUT2D eigenvalue weighted by Crippen LogP contribution is -2.43. The fourth-order valence-electron chi connectivity index (χ4n) is 2.01. The van der Waals surface area contributed by atoms with Gasteiger partial charge in [0.25, 0.3) is 0 Å². The van der Waals surface area contributed by atoms with Gasteiger partial charge in [0.2, 0.25) is 5.13 Å².